The molecule has 12 heavy (non-hydrogen) atoms. The Morgan fingerprint density at radius 1 is 1.33 bits per heavy atom. The van der Waals surface area contributed by atoms with Gasteiger partial charge in [-0.1, -0.05) is 55.0 Å². The van der Waals surface area contributed by atoms with Crippen LogP contribution in [0.4, 0.5) is 0 Å². The van der Waals surface area contributed by atoms with Crippen molar-refractivity contribution in [1.82, 2.24) is 0 Å². The number of hydrogen-bond acceptors (Lipinski definition) is 1. The normalized spacial score (nSPS) is 12.9. The lowest BCUT2D eigenvalue weighted by atomic mass is 10.1. The zero-order valence-electron chi connectivity index (χ0n) is 7.48. The minimum atomic E-state index is -0.273. The third-order valence-electron chi connectivity index (χ3n) is 1.81. The first-order valence-corrected chi connectivity index (χ1v) is 5.81. The number of rotatable bonds is 7. The number of unbranched alkanes of at least 4 members (excludes halogenated alkanes) is 4. The molecular weight excluding hydrogens is 239 g/mol. The first kappa shape index (κ1) is 12.4. The molecule has 0 spiro atoms. The highest BCUT2D eigenvalue weighted by molar-refractivity contribution is 9.10. The molecule has 0 aromatic heterocycles. The number of carbonyl (C=O) groups excluding carboxylic acids is 1. The topological polar surface area (TPSA) is 17.1 Å². The molecule has 0 rings (SSSR count). The van der Waals surface area contributed by atoms with Crippen molar-refractivity contribution >= 4 is 32.8 Å². The van der Waals surface area contributed by atoms with Crippen LogP contribution >= 0.6 is 27.5 Å². The summed E-state index contributed by atoms with van der Waals surface area (Å²) in [6.45, 7) is 2.19. The van der Waals surface area contributed by atoms with Gasteiger partial charge in [-0.05, 0) is 18.0 Å². The molecule has 0 heterocycles. The summed E-state index contributed by atoms with van der Waals surface area (Å²) in [5.41, 5.74) is 0. The van der Waals surface area contributed by atoms with Gasteiger partial charge in [0, 0.05) is 0 Å². The number of alkyl halides is 1. The van der Waals surface area contributed by atoms with Crippen LogP contribution in [0.15, 0.2) is 0 Å². The predicted octanol–water partition coefficient (Wildman–Crippen LogP) is 3.88. The van der Waals surface area contributed by atoms with Crippen molar-refractivity contribution in [3.63, 3.8) is 0 Å². The summed E-state index contributed by atoms with van der Waals surface area (Å²) in [7, 11) is 0. The molecule has 0 aliphatic carbocycles. The second kappa shape index (κ2) is 8.06. The average Bonchev–Trinajstić information content (AvgIpc) is 2.03. The SMILES string of the molecule is CCCCCCCC(Br)C(=O)Cl. The van der Waals surface area contributed by atoms with Crippen molar-refractivity contribution in [2.45, 2.75) is 50.3 Å². The largest absolute Gasteiger partial charge is 0.280 e. The van der Waals surface area contributed by atoms with Crippen molar-refractivity contribution in [3.8, 4) is 0 Å². The standard InChI is InChI=1S/C9H16BrClO/c1-2-3-4-5-6-7-8(10)9(11)12/h8H,2-7H2,1H3. The van der Waals surface area contributed by atoms with E-state index >= 15 is 0 Å². The Morgan fingerprint density at radius 2 is 1.92 bits per heavy atom. The van der Waals surface area contributed by atoms with Crippen LogP contribution in [0.3, 0.4) is 0 Å². The second-order valence-electron chi connectivity index (χ2n) is 2.97. The monoisotopic (exact) mass is 254 g/mol. The summed E-state index contributed by atoms with van der Waals surface area (Å²) in [5, 5.41) is -0.273. The van der Waals surface area contributed by atoms with Crippen molar-refractivity contribution in [3.05, 3.63) is 0 Å². The fraction of sp³-hybridized carbons (Fsp3) is 0.889. The van der Waals surface area contributed by atoms with Crippen LogP contribution in [0.5, 0.6) is 0 Å². The van der Waals surface area contributed by atoms with Crippen molar-refractivity contribution < 1.29 is 4.79 Å². The van der Waals surface area contributed by atoms with E-state index in [4.69, 9.17) is 11.6 Å². The van der Waals surface area contributed by atoms with Crippen molar-refractivity contribution in [2.75, 3.05) is 0 Å². The van der Waals surface area contributed by atoms with Gasteiger partial charge >= 0.3 is 0 Å². The van der Waals surface area contributed by atoms with E-state index in [1.807, 2.05) is 0 Å². The lowest BCUT2D eigenvalue weighted by molar-refractivity contribution is -0.111. The van der Waals surface area contributed by atoms with E-state index in [1.165, 1.54) is 25.7 Å². The summed E-state index contributed by atoms with van der Waals surface area (Å²) in [6.07, 6.45) is 6.99. The lowest BCUT2D eigenvalue weighted by Crippen LogP contribution is -2.06. The van der Waals surface area contributed by atoms with Gasteiger partial charge < -0.3 is 0 Å². The van der Waals surface area contributed by atoms with E-state index in [0.29, 0.717) is 0 Å². The summed E-state index contributed by atoms with van der Waals surface area (Å²) in [6, 6.07) is 0. The van der Waals surface area contributed by atoms with Gasteiger partial charge in [0.1, 0.15) is 0 Å². The summed E-state index contributed by atoms with van der Waals surface area (Å²) in [5.74, 6) is 0. The molecule has 0 saturated heterocycles. The van der Waals surface area contributed by atoms with Crippen LogP contribution in [0.25, 0.3) is 0 Å². The Hall–Kier alpha value is 0.440. The van der Waals surface area contributed by atoms with Crippen molar-refractivity contribution in [2.24, 2.45) is 0 Å². The van der Waals surface area contributed by atoms with Gasteiger partial charge in [0.15, 0.2) is 0 Å². The molecule has 3 heteroatoms. The summed E-state index contributed by atoms with van der Waals surface area (Å²) in [4.78, 5) is 10.4. The van der Waals surface area contributed by atoms with Gasteiger partial charge in [-0.15, -0.1) is 0 Å². The van der Waals surface area contributed by atoms with Gasteiger partial charge in [0.2, 0.25) is 5.24 Å². The maximum atomic E-state index is 10.6. The Morgan fingerprint density at radius 3 is 2.42 bits per heavy atom. The van der Waals surface area contributed by atoms with Crippen LogP contribution in [-0.4, -0.2) is 10.1 Å². The molecule has 0 N–H and O–H groups in total. The van der Waals surface area contributed by atoms with Crippen LogP contribution in [0.1, 0.15) is 45.4 Å². The highest BCUT2D eigenvalue weighted by atomic mass is 79.9. The predicted molar refractivity (Wildman–Crippen MR) is 57.0 cm³/mol. The number of halogens is 2. The average molecular weight is 256 g/mol. The van der Waals surface area contributed by atoms with E-state index in [9.17, 15) is 4.79 Å². The highest BCUT2D eigenvalue weighted by Crippen LogP contribution is 2.14. The first-order valence-electron chi connectivity index (χ1n) is 4.52. The van der Waals surface area contributed by atoms with Gasteiger partial charge in [-0.25, -0.2) is 0 Å². The molecule has 1 atom stereocenters. The van der Waals surface area contributed by atoms with Gasteiger partial charge in [-0.2, -0.15) is 0 Å². The molecule has 0 aromatic carbocycles. The minimum Gasteiger partial charge on any atom is -0.280 e. The fourth-order valence-corrected chi connectivity index (χ4v) is 1.47. The van der Waals surface area contributed by atoms with E-state index in [1.54, 1.807) is 0 Å². The molecule has 0 aliphatic rings. The number of hydrogen-bond donors (Lipinski definition) is 0. The molecular formula is C9H16BrClO. The maximum absolute atomic E-state index is 10.6. The summed E-state index contributed by atoms with van der Waals surface area (Å²) < 4.78 is 0. The van der Waals surface area contributed by atoms with Crippen molar-refractivity contribution in [1.29, 1.82) is 0 Å². The second-order valence-corrected chi connectivity index (χ2v) is 4.45. The fourth-order valence-electron chi connectivity index (χ4n) is 1.04. The Bertz CT molecular complexity index is 128. The third-order valence-corrected chi connectivity index (χ3v) is 3.21. The molecule has 1 unspecified atom stereocenters. The Kier molecular flexibility index (Phi) is 8.35. The molecule has 0 radical (unpaired) electrons. The lowest BCUT2D eigenvalue weighted by Gasteiger charge is -2.03. The zero-order chi connectivity index (χ0) is 9.40. The smallest absolute Gasteiger partial charge is 0.235 e. The van der Waals surface area contributed by atoms with E-state index in [-0.39, 0.29) is 10.1 Å². The van der Waals surface area contributed by atoms with Gasteiger partial charge in [0.05, 0.1) is 4.83 Å². The van der Waals surface area contributed by atoms with Gasteiger partial charge in [-0.3, -0.25) is 4.79 Å². The maximum Gasteiger partial charge on any atom is 0.235 e. The Balaban J connectivity index is 3.14. The molecule has 0 fully saturated rings. The minimum absolute atomic E-state index is 0.138. The molecule has 0 saturated carbocycles. The van der Waals surface area contributed by atoms with Crippen LogP contribution in [0.2, 0.25) is 0 Å². The van der Waals surface area contributed by atoms with E-state index < -0.39 is 0 Å². The van der Waals surface area contributed by atoms with Crippen LogP contribution < -0.4 is 0 Å². The molecule has 0 aromatic rings. The first-order chi connectivity index (χ1) is 5.68. The zero-order valence-corrected chi connectivity index (χ0v) is 9.83. The molecule has 0 aliphatic heterocycles. The summed E-state index contributed by atoms with van der Waals surface area (Å²) >= 11 is 8.51. The molecule has 1 nitrogen and oxygen atoms in total. The van der Waals surface area contributed by atoms with Gasteiger partial charge in [0.25, 0.3) is 0 Å². The molecule has 72 valence electrons. The third kappa shape index (κ3) is 7.11. The molecule has 0 bridgehead atoms. The van der Waals surface area contributed by atoms with Crippen LogP contribution in [-0.2, 0) is 4.79 Å². The Labute approximate surface area is 88.0 Å². The number of carbonyl (C=O) groups is 1. The quantitative estimate of drug-likeness (QED) is 0.383. The van der Waals surface area contributed by atoms with Crippen LogP contribution in [0, 0.1) is 0 Å². The van der Waals surface area contributed by atoms with E-state index in [2.05, 4.69) is 22.9 Å². The highest BCUT2D eigenvalue weighted by Gasteiger charge is 2.10. The molecule has 0 amide bonds. The van der Waals surface area contributed by atoms with E-state index in [0.717, 1.165) is 12.8 Å².